The number of benzene rings is 2. The molecule has 5 rings (SSSR count). The normalized spacial score (nSPS) is 27.0. The Hall–Kier alpha value is -3.39. The number of halogens is 4. The average Bonchev–Trinajstić information content (AvgIpc) is 3.56. The Morgan fingerprint density at radius 2 is 1.67 bits per heavy atom. The SMILES string of the molecule is COc1cc(F)c(OC2CCC(N)CC2)cc1C(=O)N[C@@H]1[C@H]2CC[C@H](C2)[C@@H]1C(=O)Nc1cccc(S(=O)(=O)C(F)(F)F)c1. The summed E-state index contributed by atoms with van der Waals surface area (Å²) < 4.78 is 88.9. The molecule has 14 heteroatoms. The summed E-state index contributed by atoms with van der Waals surface area (Å²) in [6, 6.07) is 5.77. The van der Waals surface area contributed by atoms with Gasteiger partial charge in [-0.05, 0) is 81.0 Å². The molecule has 0 saturated heterocycles. The molecule has 4 atom stereocenters. The van der Waals surface area contributed by atoms with Gasteiger partial charge in [0.25, 0.3) is 15.7 Å². The maximum atomic E-state index is 14.9. The molecule has 0 unspecified atom stereocenters. The minimum atomic E-state index is -5.61. The zero-order valence-corrected chi connectivity index (χ0v) is 24.1. The largest absolute Gasteiger partial charge is 0.501 e. The fraction of sp³-hybridized carbons (Fsp3) is 0.517. The fourth-order valence-electron chi connectivity index (χ4n) is 6.56. The van der Waals surface area contributed by atoms with Gasteiger partial charge in [0.1, 0.15) is 5.75 Å². The highest BCUT2D eigenvalue weighted by Gasteiger charge is 2.52. The van der Waals surface area contributed by atoms with Crippen LogP contribution < -0.4 is 25.8 Å². The predicted molar refractivity (Wildman–Crippen MR) is 148 cm³/mol. The third-order valence-corrected chi connectivity index (χ3v) is 10.2. The number of rotatable bonds is 8. The number of alkyl halides is 3. The van der Waals surface area contributed by atoms with E-state index in [0.717, 1.165) is 49.9 Å². The number of nitrogens with two attached hydrogens (primary N) is 1. The minimum Gasteiger partial charge on any atom is -0.496 e. The van der Waals surface area contributed by atoms with Gasteiger partial charge in [-0.1, -0.05) is 6.07 Å². The topological polar surface area (TPSA) is 137 Å². The standard InChI is InChI=1S/C29H33F4N3O6S/c1-41-23-14-22(30)24(42-19-9-7-17(34)8-10-19)13-21(23)27(37)36-26-16-6-5-15(11-16)25(26)28(38)35-18-3-2-4-20(12-18)43(39,40)29(31,32)33/h2-4,12-17,19,25-26H,5-11,34H2,1H3,(H,35,38)(H,36,37)/t15-,16+,17?,19?,25+,26-/m1/s1. The first kappa shape index (κ1) is 31.0. The summed E-state index contributed by atoms with van der Waals surface area (Å²) in [5.74, 6) is -2.79. The Balaban J connectivity index is 1.34. The van der Waals surface area contributed by atoms with Crippen molar-refractivity contribution in [2.75, 3.05) is 12.4 Å². The van der Waals surface area contributed by atoms with Crippen LogP contribution in [0.1, 0.15) is 55.3 Å². The molecule has 43 heavy (non-hydrogen) atoms. The first-order chi connectivity index (χ1) is 20.3. The van der Waals surface area contributed by atoms with E-state index in [-0.39, 0.29) is 46.7 Å². The lowest BCUT2D eigenvalue weighted by atomic mass is 9.83. The number of carbonyl (C=O) groups excluding carboxylic acids is 2. The maximum Gasteiger partial charge on any atom is 0.501 e. The van der Waals surface area contributed by atoms with Gasteiger partial charge in [-0.15, -0.1) is 0 Å². The van der Waals surface area contributed by atoms with Crippen molar-refractivity contribution in [3.63, 3.8) is 0 Å². The average molecular weight is 628 g/mol. The van der Waals surface area contributed by atoms with Crippen molar-refractivity contribution in [3.05, 3.63) is 47.8 Å². The van der Waals surface area contributed by atoms with E-state index in [2.05, 4.69) is 10.6 Å². The highest BCUT2D eigenvalue weighted by Crippen LogP contribution is 2.49. The number of sulfone groups is 1. The maximum absolute atomic E-state index is 14.9. The lowest BCUT2D eigenvalue weighted by Gasteiger charge is -2.31. The third kappa shape index (κ3) is 6.30. The van der Waals surface area contributed by atoms with E-state index in [0.29, 0.717) is 19.3 Å². The number of amides is 2. The van der Waals surface area contributed by atoms with Crippen molar-refractivity contribution >= 4 is 27.3 Å². The summed E-state index contributed by atoms with van der Waals surface area (Å²) >= 11 is 0. The zero-order valence-electron chi connectivity index (χ0n) is 23.3. The molecular formula is C29H33F4N3O6S. The fourth-order valence-corrected chi connectivity index (χ4v) is 7.37. The second-order valence-electron chi connectivity index (χ2n) is 11.5. The van der Waals surface area contributed by atoms with Gasteiger partial charge in [-0.3, -0.25) is 9.59 Å². The molecule has 0 spiro atoms. The van der Waals surface area contributed by atoms with Gasteiger partial charge in [0, 0.05) is 23.8 Å². The van der Waals surface area contributed by atoms with Gasteiger partial charge in [0.05, 0.1) is 29.6 Å². The van der Waals surface area contributed by atoms with E-state index < -0.39 is 49.8 Å². The van der Waals surface area contributed by atoms with Gasteiger partial charge in [-0.2, -0.15) is 13.2 Å². The van der Waals surface area contributed by atoms with E-state index in [1.165, 1.54) is 19.2 Å². The molecule has 0 heterocycles. The molecule has 2 amide bonds. The molecule has 2 aromatic rings. The number of hydrogen-bond acceptors (Lipinski definition) is 7. The van der Waals surface area contributed by atoms with Crippen LogP contribution in [0.3, 0.4) is 0 Å². The Morgan fingerprint density at radius 3 is 2.35 bits per heavy atom. The smallest absolute Gasteiger partial charge is 0.496 e. The van der Waals surface area contributed by atoms with Crippen LogP contribution in [-0.2, 0) is 14.6 Å². The number of ether oxygens (including phenoxy) is 2. The predicted octanol–water partition coefficient (Wildman–Crippen LogP) is 4.56. The lowest BCUT2D eigenvalue weighted by molar-refractivity contribution is -0.122. The molecule has 4 N–H and O–H groups in total. The van der Waals surface area contributed by atoms with Crippen LogP contribution in [0.15, 0.2) is 41.3 Å². The molecule has 0 aliphatic heterocycles. The van der Waals surface area contributed by atoms with Crippen LogP contribution in [0.25, 0.3) is 0 Å². The molecule has 3 aliphatic carbocycles. The molecule has 3 fully saturated rings. The molecule has 2 bridgehead atoms. The quantitative estimate of drug-likeness (QED) is 0.365. The molecule has 3 saturated carbocycles. The van der Waals surface area contributed by atoms with Crippen molar-refractivity contribution in [2.24, 2.45) is 23.5 Å². The Kier molecular flexibility index (Phi) is 8.63. The molecule has 234 valence electrons. The van der Waals surface area contributed by atoms with Crippen molar-refractivity contribution in [1.82, 2.24) is 5.32 Å². The Labute approximate surface area is 246 Å². The number of anilines is 1. The summed E-state index contributed by atoms with van der Waals surface area (Å²) in [4.78, 5) is 26.0. The summed E-state index contributed by atoms with van der Waals surface area (Å²) in [7, 11) is -4.31. The van der Waals surface area contributed by atoms with Gasteiger partial charge in [-0.25, -0.2) is 12.8 Å². The number of hydrogen-bond donors (Lipinski definition) is 3. The van der Waals surface area contributed by atoms with Crippen molar-refractivity contribution in [2.45, 2.75) is 73.5 Å². The van der Waals surface area contributed by atoms with Crippen LogP contribution in [0.4, 0.5) is 23.2 Å². The van der Waals surface area contributed by atoms with Crippen molar-refractivity contribution in [1.29, 1.82) is 0 Å². The van der Waals surface area contributed by atoms with Crippen molar-refractivity contribution < 1.29 is 45.0 Å². The summed E-state index contributed by atoms with van der Waals surface area (Å²) in [5, 5.41) is 5.45. The summed E-state index contributed by atoms with van der Waals surface area (Å²) in [6.07, 6.45) is 4.68. The van der Waals surface area contributed by atoms with Crippen LogP contribution in [-0.4, -0.2) is 51.0 Å². The third-order valence-electron chi connectivity index (χ3n) is 8.74. The number of nitrogens with one attached hydrogen (secondary N) is 2. The van der Waals surface area contributed by atoms with Crippen LogP contribution in [0, 0.1) is 23.6 Å². The zero-order chi connectivity index (χ0) is 31.1. The van der Waals surface area contributed by atoms with Crippen LogP contribution in [0.2, 0.25) is 0 Å². The minimum absolute atomic E-state index is 0.0140. The molecule has 2 aromatic carbocycles. The van der Waals surface area contributed by atoms with E-state index in [1.807, 2.05) is 0 Å². The lowest BCUT2D eigenvalue weighted by Crippen LogP contribution is -2.48. The highest BCUT2D eigenvalue weighted by atomic mass is 32.2. The second kappa shape index (κ2) is 11.9. The monoisotopic (exact) mass is 627 g/mol. The first-order valence-electron chi connectivity index (χ1n) is 14.1. The van der Waals surface area contributed by atoms with Gasteiger partial charge >= 0.3 is 5.51 Å². The summed E-state index contributed by atoms with van der Waals surface area (Å²) in [5.41, 5.74) is 0.363. The van der Waals surface area contributed by atoms with Crippen LogP contribution >= 0.6 is 0 Å². The number of fused-ring (bicyclic) bond motifs is 2. The Morgan fingerprint density at radius 1 is 0.977 bits per heavy atom. The van der Waals surface area contributed by atoms with E-state index in [4.69, 9.17) is 15.2 Å². The summed E-state index contributed by atoms with van der Waals surface area (Å²) in [6.45, 7) is 0. The molecule has 0 aromatic heterocycles. The van der Waals surface area contributed by atoms with Crippen LogP contribution in [0.5, 0.6) is 11.5 Å². The van der Waals surface area contributed by atoms with E-state index in [9.17, 15) is 35.6 Å². The molecule has 0 radical (unpaired) electrons. The van der Waals surface area contributed by atoms with E-state index >= 15 is 0 Å². The molecular weight excluding hydrogens is 594 g/mol. The van der Waals surface area contributed by atoms with Gasteiger partial charge in [0.15, 0.2) is 11.6 Å². The number of carbonyl (C=O) groups is 2. The van der Waals surface area contributed by atoms with Crippen molar-refractivity contribution in [3.8, 4) is 11.5 Å². The first-order valence-corrected chi connectivity index (χ1v) is 15.6. The van der Waals surface area contributed by atoms with E-state index in [1.54, 1.807) is 0 Å². The Bertz CT molecular complexity index is 1490. The molecule has 3 aliphatic rings. The second-order valence-corrected chi connectivity index (χ2v) is 13.4. The van der Waals surface area contributed by atoms with Gasteiger partial charge in [0.2, 0.25) is 5.91 Å². The number of methoxy groups -OCH3 is 1. The van der Waals surface area contributed by atoms with Gasteiger partial charge < -0.3 is 25.8 Å². The highest BCUT2D eigenvalue weighted by molar-refractivity contribution is 7.92. The molecule has 9 nitrogen and oxygen atoms in total.